The summed E-state index contributed by atoms with van der Waals surface area (Å²) in [6.45, 7) is 4.21. The molecule has 3 unspecified atom stereocenters. The first kappa shape index (κ1) is 15.3. The summed E-state index contributed by atoms with van der Waals surface area (Å²) in [5.74, 6) is -0.0797. The number of nitrogens with zero attached hydrogens (tertiary/aromatic N) is 1. The predicted octanol–water partition coefficient (Wildman–Crippen LogP) is 2.40. The summed E-state index contributed by atoms with van der Waals surface area (Å²) in [6.07, 6.45) is 0.130. The molecular formula is C15H20ClNO3. The van der Waals surface area contributed by atoms with Crippen molar-refractivity contribution in [2.24, 2.45) is 0 Å². The van der Waals surface area contributed by atoms with E-state index in [0.29, 0.717) is 18.1 Å². The summed E-state index contributed by atoms with van der Waals surface area (Å²) in [7, 11) is 0. The van der Waals surface area contributed by atoms with E-state index in [1.54, 1.807) is 24.0 Å². The number of amides is 1. The van der Waals surface area contributed by atoms with E-state index in [9.17, 15) is 9.90 Å². The minimum Gasteiger partial charge on any atom is -0.391 e. The summed E-state index contributed by atoms with van der Waals surface area (Å²) in [4.78, 5) is 14.0. The molecule has 0 spiro atoms. The minimum atomic E-state index is -0.572. The molecule has 1 amide bonds. The summed E-state index contributed by atoms with van der Waals surface area (Å²) >= 11 is 5.90. The molecule has 1 saturated heterocycles. The lowest BCUT2D eigenvalue weighted by atomic mass is 9.99. The molecule has 4 nitrogen and oxygen atoms in total. The van der Waals surface area contributed by atoms with Gasteiger partial charge in [-0.3, -0.25) is 4.79 Å². The molecule has 0 bridgehead atoms. The predicted molar refractivity (Wildman–Crippen MR) is 77.6 cm³/mol. The van der Waals surface area contributed by atoms with Gasteiger partial charge in [-0.1, -0.05) is 30.7 Å². The SMILES string of the molecule is CCC(C(C)O)N1C(=O)COCC1c1ccc(Cl)cc1. The lowest BCUT2D eigenvalue weighted by molar-refractivity contribution is -0.156. The molecule has 1 fully saturated rings. The van der Waals surface area contributed by atoms with E-state index < -0.39 is 6.10 Å². The summed E-state index contributed by atoms with van der Waals surface area (Å²) < 4.78 is 5.38. The van der Waals surface area contributed by atoms with Crippen LogP contribution in [0.2, 0.25) is 5.02 Å². The largest absolute Gasteiger partial charge is 0.391 e. The maximum Gasteiger partial charge on any atom is 0.249 e. The van der Waals surface area contributed by atoms with E-state index in [0.717, 1.165) is 5.56 Å². The molecule has 1 aliphatic heterocycles. The number of aliphatic hydroxyl groups excluding tert-OH is 1. The molecule has 1 heterocycles. The molecule has 1 aliphatic rings. The van der Waals surface area contributed by atoms with Gasteiger partial charge in [-0.25, -0.2) is 0 Å². The number of halogens is 1. The lowest BCUT2D eigenvalue weighted by Crippen LogP contribution is -2.53. The molecule has 0 saturated carbocycles. The lowest BCUT2D eigenvalue weighted by Gasteiger charge is -2.42. The van der Waals surface area contributed by atoms with Gasteiger partial charge in [-0.05, 0) is 31.0 Å². The number of morpholine rings is 1. The molecule has 0 radical (unpaired) electrons. The molecule has 1 N–H and O–H groups in total. The number of ether oxygens (including phenoxy) is 1. The third kappa shape index (κ3) is 3.14. The average Bonchev–Trinajstić information content (AvgIpc) is 2.42. The first-order valence-corrected chi connectivity index (χ1v) is 7.24. The Morgan fingerprint density at radius 1 is 1.45 bits per heavy atom. The number of rotatable bonds is 4. The number of hydrogen-bond acceptors (Lipinski definition) is 3. The van der Waals surface area contributed by atoms with Gasteiger partial charge in [0.1, 0.15) is 6.61 Å². The maximum atomic E-state index is 12.2. The Kier molecular flexibility index (Phi) is 5.02. The summed E-state index contributed by atoms with van der Waals surface area (Å²) in [5, 5.41) is 10.6. The van der Waals surface area contributed by atoms with Crippen LogP contribution >= 0.6 is 11.6 Å². The van der Waals surface area contributed by atoms with E-state index in [1.165, 1.54) is 0 Å². The fraction of sp³-hybridized carbons (Fsp3) is 0.533. The third-order valence-electron chi connectivity index (χ3n) is 3.71. The maximum absolute atomic E-state index is 12.2. The molecule has 3 atom stereocenters. The quantitative estimate of drug-likeness (QED) is 0.928. The van der Waals surface area contributed by atoms with Crippen LogP contribution in [0.15, 0.2) is 24.3 Å². The van der Waals surface area contributed by atoms with E-state index in [-0.39, 0.29) is 24.6 Å². The van der Waals surface area contributed by atoms with Gasteiger partial charge in [0.25, 0.3) is 0 Å². The first-order chi connectivity index (χ1) is 9.54. The van der Waals surface area contributed by atoms with Gasteiger partial charge in [0, 0.05) is 5.02 Å². The van der Waals surface area contributed by atoms with Crippen molar-refractivity contribution in [1.82, 2.24) is 4.90 Å². The van der Waals surface area contributed by atoms with Crippen LogP contribution < -0.4 is 0 Å². The van der Waals surface area contributed by atoms with Crippen LogP contribution in [0.4, 0.5) is 0 Å². The Bertz CT molecular complexity index is 461. The molecule has 0 aromatic heterocycles. The normalized spacial score (nSPS) is 22.7. The number of aliphatic hydroxyl groups is 1. The fourth-order valence-corrected chi connectivity index (χ4v) is 2.84. The van der Waals surface area contributed by atoms with Crippen molar-refractivity contribution in [1.29, 1.82) is 0 Å². The van der Waals surface area contributed by atoms with Gasteiger partial charge >= 0.3 is 0 Å². The van der Waals surface area contributed by atoms with Gasteiger partial charge in [0.05, 0.1) is 24.8 Å². The highest BCUT2D eigenvalue weighted by molar-refractivity contribution is 6.30. The molecule has 2 rings (SSSR count). The van der Waals surface area contributed by atoms with Crippen molar-refractivity contribution in [3.63, 3.8) is 0 Å². The Morgan fingerprint density at radius 2 is 2.10 bits per heavy atom. The van der Waals surface area contributed by atoms with Crippen molar-refractivity contribution in [2.45, 2.75) is 38.5 Å². The number of benzene rings is 1. The van der Waals surface area contributed by atoms with Gasteiger partial charge in [-0.15, -0.1) is 0 Å². The second-order valence-electron chi connectivity index (χ2n) is 5.10. The summed E-state index contributed by atoms with van der Waals surface area (Å²) in [6, 6.07) is 7.03. The van der Waals surface area contributed by atoms with Crippen molar-refractivity contribution in [3.05, 3.63) is 34.9 Å². The van der Waals surface area contributed by atoms with E-state index >= 15 is 0 Å². The highest BCUT2D eigenvalue weighted by atomic mass is 35.5. The van der Waals surface area contributed by atoms with E-state index in [4.69, 9.17) is 16.3 Å². The van der Waals surface area contributed by atoms with Crippen molar-refractivity contribution >= 4 is 17.5 Å². The molecule has 110 valence electrons. The van der Waals surface area contributed by atoms with Gasteiger partial charge in [0.15, 0.2) is 0 Å². The third-order valence-corrected chi connectivity index (χ3v) is 3.96. The molecule has 1 aromatic carbocycles. The van der Waals surface area contributed by atoms with Crippen LogP contribution in [-0.2, 0) is 9.53 Å². The van der Waals surface area contributed by atoms with Gasteiger partial charge in [0.2, 0.25) is 5.91 Å². The molecule has 0 aliphatic carbocycles. The zero-order valence-corrected chi connectivity index (χ0v) is 12.5. The number of carbonyl (C=O) groups is 1. The molecular weight excluding hydrogens is 278 g/mol. The highest BCUT2D eigenvalue weighted by Crippen LogP contribution is 2.29. The summed E-state index contributed by atoms with van der Waals surface area (Å²) in [5.41, 5.74) is 0.974. The Morgan fingerprint density at radius 3 is 2.65 bits per heavy atom. The van der Waals surface area contributed by atoms with Gasteiger partial charge < -0.3 is 14.7 Å². The second-order valence-corrected chi connectivity index (χ2v) is 5.54. The number of hydrogen-bond donors (Lipinski definition) is 1. The Balaban J connectivity index is 2.32. The smallest absolute Gasteiger partial charge is 0.249 e. The van der Waals surface area contributed by atoms with E-state index in [1.807, 2.05) is 19.1 Å². The molecule has 20 heavy (non-hydrogen) atoms. The Hall–Kier alpha value is -1.10. The van der Waals surface area contributed by atoms with E-state index in [2.05, 4.69) is 0 Å². The van der Waals surface area contributed by atoms with Gasteiger partial charge in [-0.2, -0.15) is 0 Å². The highest BCUT2D eigenvalue weighted by Gasteiger charge is 2.36. The topological polar surface area (TPSA) is 49.8 Å². The van der Waals surface area contributed by atoms with Crippen LogP contribution in [0, 0.1) is 0 Å². The van der Waals surface area contributed by atoms with Crippen molar-refractivity contribution in [3.8, 4) is 0 Å². The van der Waals surface area contributed by atoms with Crippen LogP contribution in [0.3, 0.4) is 0 Å². The number of carbonyl (C=O) groups excluding carboxylic acids is 1. The first-order valence-electron chi connectivity index (χ1n) is 6.87. The van der Waals surface area contributed by atoms with Crippen LogP contribution in [0.25, 0.3) is 0 Å². The molecule has 5 heteroatoms. The standard InChI is InChI=1S/C15H20ClNO3/c1-3-13(10(2)18)17-14(8-20-9-15(17)19)11-4-6-12(16)7-5-11/h4-7,10,13-14,18H,3,8-9H2,1-2H3. The zero-order valence-electron chi connectivity index (χ0n) is 11.8. The van der Waals surface area contributed by atoms with Crippen molar-refractivity contribution < 1.29 is 14.6 Å². The zero-order chi connectivity index (χ0) is 14.7. The fourth-order valence-electron chi connectivity index (χ4n) is 2.71. The minimum absolute atomic E-state index is 0.0767. The van der Waals surface area contributed by atoms with Crippen LogP contribution in [0.5, 0.6) is 0 Å². The Labute approximate surface area is 124 Å². The van der Waals surface area contributed by atoms with Crippen LogP contribution in [-0.4, -0.2) is 41.3 Å². The van der Waals surface area contributed by atoms with Crippen LogP contribution in [0.1, 0.15) is 31.9 Å². The molecule has 1 aromatic rings. The second kappa shape index (κ2) is 6.57. The monoisotopic (exact) mass is 297 g/mol. The van der Waals surface area contributed by atoms with Crippen molar-refractivity contribution in [2.75, 3.05) is 13.2 Å². The average molecular weight is 298 g/mol.